The standard InChI is InChI=1S/C14H9Cl2FO3/c15-11-3-1-2-9(12(11)16)8-5-4-7(17)6-10(8)13(18)14(19)20/h1-6,13,18H,(H,19,20). The first-order valence-electron chi connectivity index (χ1n) is 5.56. The molecule has 0 heterocycles. The molecule has 0 bridgehead atoms. The van der Waals surface area contributed by atoms with E-state index in [-0.39, 0.29) is 15.6 Å². The van der Waals surface area contributed by atoms with Crippen molar-refractivity contribution in [3.63, 3.8) is 0 Å². The molecule has 0 spiro atoms. The monoisotopic (exact) mass is 314 g/mol. The second-order valence-electron chi connectivity index (χ2n) is 4.07. The van der Waals surface area contributed by atoms with Gasteiger partial charge in [-0.15, -0.1) is 0 Å². The average molecular weight is 315 g/mol. The van der Waals surface area contributed by atoms with Crippen LogP contribution in [0.4, 0.5) is 4.39 Å². The Kier molecular flexibility index (Phi) is 4.28. The highest BCUT2D eigenvalue weighted by Gasteiger charge is 2.22. The Morgan fingerprint density at radius 1 is 1.15 bits per heavy atom. The smallest absolute Gasteiger partial charge is 0.337 e. The van der Waals surface area contributed by atoms with Gasteiger partial charge in [-0.05, 0) is 23.8 Å². The molecule has 2 aromatic rings. The van der Waals surface area contributed by atoms with Crippen molar-refractivity contribution < 1.29 is 19.4 Å². The molecule has 0 saturated heterocycles. The first-order valence-corrected chi connectivity index (χ1v) is 6.32. The molecule has 0 radical (unpaired) electrons. The van der Waals surface area contributed by atoms with Crippen LogP contribution in [0.25, 0.3) is 11.1 Å². The molecule has 6 heteroatoms. The summed E-state index contributed by atoms with van der Waals surface area (Å²) in [5, 5.41) is 19.1. The Hall–Kier alpha value is -1.62. The number of rotatable bonds is 3. The van der Waals surface area contributed by atoms with Gasteiger partial charge >= 0.3 is 5.97 Å². The number of hydrogen-bond acceptors (Lipinski definition) is 2. The minimum absolute atomic E-state index is 0.0818. The van der Waals surface area contributed by atoms with Crippen LogP contribution < -0.4 is 0 Å². The van der Waals surface area contributed by atoms with Gasteiger partial charge < -0.3 is 10.2 Å². The molecular weight excluding hydrogens is 306 g/mol. The second-order valence-corrected chi connectivity index (χ2v) is 4.86. The maximum absolute atomic E-state index is 13.3. The number of benzene rings is 2. The summed E-state index contributed by atoms with van der Waals surface area (Å²) in [5.41, 5.74) is 0.657. The number of carbonyl (C=O) groups is 1. The summed E-state index contributed by atoms with van der Waals surface area (Å²) in [6.07, 6.45) is -1.85. The molecular formula is C14H9Cl2FO3. The van der Waals surface area contributed by atoms with E-state index in [4.69, 9.17) is 28.3 Å². The molecule has 0 fully saturated rings. The first kappa shape index (κ1) is 14.8. The molecule has 2 rings (SSSR count). The van der Waals surface area contributed by atoms with Crippen LogP contribution in [0.15, 0.2) is 36.4 Å². The largest absolute Gasteiger partial charge is 0.479 e. The molecule has 2 N–H and O–H groups in total. The van der Waals surface area contributed by atoms with Crippen molar-refractivity contribution in [3.05, 3.63) is 57.8 Å². The molecule has 0 aromatic heterocycles. The average Bonchev–Trinajstić information content (AvgIpc) is 2.41. The van der Waals surface area contributed by atoms with Crippen molar-refractivity contribution in [3.8, 4) is 11.1 Å². The minimum atomic E-state index is -1.85. The van der Waals surface area contributed by atoms with Crippen molar-refractivity contribution in [2.45, 2.75) is 6.10 Å². The molecule has 1 unspecified atom stereocenters. The van der Waals surface area contributed by atoms with Gasteiger partial charge in [0.1, 0.15) is 5.82 Å². The quantitative estimate of drug-likeness (QED) is 0.902. The summed E-state index contributed by atoms with van der Waals surface area (Å²) >= 11 is 12.0. The van der Waals surface area contributed by atoms with Crippen molar-refractivity contribution in [1.82, 2.24) is 0 Å². The fraction of sp³-hybridized carbons (Fsp3) is 0.0714. The van der Waals surface area contributed by atoms with Crippen LogP contribution in [0, 0.1) is 5.82 Å². The van der Waals surface area contributed by atoms with Crippen LogP contribution in [-0.4, -0.2) is 16.2 Å². The van der Waals surface area contributed by atoms with Crippen LogP contribution in [0.5, 0.6) is 0 Å². The van der Waals surface area contributed by atoms with Gasteiger partial charge in [0.25, 0.3) is 0 Å². The lowest BCUT2D eigenvalue weighted by molar-refractivity contribution is -0.146. The second kappa shape index (κ2) is 5.79. The van der Waals surface area contributed by atoms with Crippen LogP contribution in [0.3, 0.4) is 0 Å². The zero-order valence-corrected chi connectivity index (χ0v) is 11.5. The van der Waals surface area contributed by atoms with Crippen molar-refractivity contribution in [2.24, 2.45) is 0 Å². The molecule has 20 heavy (non-hydrogen) atoms. The lowest BCUT2D eigenvalue weighted by Crippen LogP contribution is -2.12. The van der Waals surface area contributed by atoms with Crippen molar-refractivity contribution in [2.75, 3.05) is 0 Å². The highest BCUT2D eigenvalue weighted by atomic mass is 35.5. The molecule has 3 nitrogen and oxygen atoms in total. The van der Waals surface area contributed by atoms with Gasteiger partial charge in [0.15, 0.2) is 6.10 Å². The lowest BCUT2D eigenvalue weighted by Gasteiger charge is -2.14. The summed E-state index contributed by atoms with van der Waals surface area (Å²) in [6, 6.07) is 8.29. The van der Waals surface area contributed by atoms with E-state index in [9.17, 15) is 14.3 Å². The normalized spacial score (nSPS) is 12.2. The SMILES string of the molecule is O=C(O)C(O)c1cc(F)ccc1-c1cccc(Cl)c1Cl. The summed E-state index contributed by atoms with van der Waals surface area (Å²) in [4.78, 5) is 10.9. The number of carboxylic acids is 1. The predicted molar refractivity (Wildman–Crippen MR) is 74.5 cm³/mol. The number of hydrogen-bond donors (Lipinski definition) is 2. The molecule has 0 saturated carbocycles. The third-order valence-electron chi connectivity index (χ3n) is 2.78. The van der Waals surface area contributed by atoms with E-state index in [1.807, 2.05) is 0 Å². The van der Waals surface area contributed by atoms with Gasteiger partial charge in [0, 0.05) is 11.1 Å². The highest BCUT2D eigenvalue weighted by Crippen LogP contribution is 2.37. The van der Waals surface area contributed by atoms with Crippen LogP contribution in [0.2, 0.25) is 10.0 Å². The third kappa shape index (κ3) is 2.77. The lowest BCUT2D eigenvalue weighted by atomic mass is 9.96. The van der Waals surface area contributed by atoms with Crippen LogP contribution in [0.1, 0.15) is 11.7 Å². The van der Waals surface area contributed by atoms with E-state index < -0.39 is 17.9 Å². The summed E-state index contributed by atoms with van der Waals surface area (Å²) < 4.78 is 13.3. The molecule has 0 aliphatic heterocycles. The van der Waals surface area contributed by atoms with Gasteiger partial charge in [0.05, 0.1) is 10.0 Å². The third-order valence-corrected chi connectivity index (χ3v) is 3.60. The Balaban J connectivity index is 2.68. The van der Waals surface area contributed by atoms with Gasteiger partial charge in [-0.2, -0.15) is 0 Å². The zero-order valence-electron chi connectivity index (χ0n) is 9.98. The Labute approximate surface area is 124 Å². The van der Waals surface area contributed by atoms with Gasteiger partial charge in [0.2, 0.25) is 0 Å². The topological polar surface area (TPSA) is 57.5 Å². The van der Waals surface area contributed by atoms with Crippen LogP contribution >= 0.6 is 23.2 Å². The summed E-state index contributed by atoms with van der Waals surface area (Å²) in [7, 11) is 0. The van der Waals surface area contributed by atoms with E-state index in [1.54, 1.807) is 18.2 Å². The summed E-state index contributed by atoms with van der Waals surface area (Å²) in [5.74, 6) is -2.13. The zero-order chi connectivity index (χ0) is 14.9. The predicted octanol–water partition coefficient (Wildman–Crippen LogP) is 3.92. The summed E-state index contributed by atoms with van der Waals surface area (Å²) in [6.45, 7) is 0. The maximum atomic E-state index is 13.3. The van der Waals surface area contributed by atoms with Gasteiger partial charge in [-0.1, -0.05) is 41.4 Å². The van der Waals surface area contributed by atoms with Crippen LogP contribution in [-0.2, 0) is 4.79 Å². The Morgan fingerprint density at radius 3 is 2.50 bits per heavy atom. The molecule has 1 atom stereocenters. The molecule has 2 aromatic carbocycles. The maximum Gasteiger partial charge on any atom is 0.337 e. The number of aliphatic carboxylic acids is 1. The fourth-order valence-electron chi connectivity index (χ4n) is 1.85. The molecule has 0 aliphatic rings. The fourth-order valence-corrected chi connectivity index (χ4v) is 2.25. The van der Waals surface area contributed by atoms with E-state index in [0.29, 0.717) is 11.1 Å². The molecule has 0 aliphatic carbocycles. The minimum Gasteiger partial charge on any atom is -0.479 e. The van der Waals surface area contributed by atoms with Crippen molar-refractivity contribution >= 4 is 29.2 Å². The number of aliphatic hydroxyl groups excluding tert-OH is 1. The van der Waals surface area contributed by atoms with E-state index in [0.717, 1.165) is 12.1 Å². The number of aliphatic hydroxyl groups is 1. The Morgan fingerprint density at radius 2 is 1.85 bits per heavy atom. The van der Waals surface area contributed by atoms with E-state index >= 15 is 0 Å². The first-order chi connectivity index (χ1) is 9.41. The van der Waals surface area contributed by atoms with Gasteiger partial charge in [-0.25, -0.2) is 9.18 Å². The van der Waals surface area contributed by atoms with Gasteiger partial charge in [-0.3, -0.25) is 0 Å². The molecule has 0 amide bonds. The number of halogens is 3. The highest BCUT2D eigenvalue weighted by molar-refractivity contribution is 6.43. The number of carboxylic acid groups (broad SMARTS) is 1. The van der Waals surface area contributed by atoms with Crippen molar-refractivity contribution in [1.29, 1.82) is 0 Å². The van der Waals surface area contributed by atoms with E-state index in [1.165, 1.54) is 6.07 Å². The Bertz CT molecular complexity index is 673. The van der Waals surface area contributed by atoms with E-state index in [2.05, 4.69) is 0 Å². The molecule has 104 valence electrons.